The fourth-order valence-corrected chi connectivity index (χ4v) is 3.88. The zero-order valence-corrected chi connectivity index (χ0v) is 14.3. The number of benzene rings is 1. The highest BCUT2D eigenvalue weighted by atomic mass is 32.1. The maximum Gasteiger partial charge on any atom is 0.119 e. The zero-order chi connectivity index (χ0) is 16.0. The van der Waals surface area contributed by atoms with E-state index in [1.165, 1.54) is 5.56 Å². The molecule has 0 bridgehead atoms. The lowest BCUT2D eigenvalue weighted by molar-refractivity contribution is 0.0243. The Labute approximate surface area is 142 Å². The molecule has 124 valence electrons. The molecule has 3 nitrogen and oxygen atoms in total. The maximum atomic E-state index is 9.91. The molecule has 1 aromatic carbocycles. The van der Waals surface area contributed by atoms with Crippen molar-refractivity contribution >= 4 is 11.3 Å². The first-order valence-electron chi connectivity index (χ1n) is 8.32. The summed E-state index contributed by atoms with van der Waals surface area (Å²) < 4.78 is 5.82. The smallest absolute Gasteiger partial charge is 0.119 e. The number of rotatable bonds is 7. The largest absolute Gasteiger partial charge is 0.494 e. The fourth-order valence-electron chi connectivity index (χ4n) is 3.22. The molecule has 2 heterocycles. The molecule has 1 fully saturated rings. The van der Waals surface area contributed by atoms with Crippen LogP contribution in [-0.2, 0) is 6.54 Å². The van der Waals surface area contributed by atoms with Gasteiger partial charge in [-0.2, -0.15) is 11.3 Å². The number of nitrogens with zero attached hydrogens (tertiary/aromatic N) is 1. The summed E-state index contributed by atoms with van der Waals surface area (Å²) in [6, 6.07) is 12.1. The van der Waals surface area contributed by atoms with Gasteiger partial charge in [-0.05, 0) is 72.3 Å². The van der Waals surface area contributed by atoms with Gasteiger partial charge >= 0.3 is 0 Å². The maximum absolute atomic E-state index is 9.91. The van der Waals surface area contributed by atoms with Crippen molar-refractivity contribution in [1.29, 1.82) is 0 Å². The molecule has 2 aromatic rings. The monoisotopic (exact) mass is 331 g/mol. The summed E-state index contributed by atoms with van der Waals surface area (Å²) >= 11 is 1.76. The first-order chi connectivity index (χ1) is 11.3. The number of likely N-dealkylation sites (tertiary alicyclic amines) is 1. The van der Waals surface area contributed by atoms with Gasteiger partial charge in [0.1, 0.15) is 5.75 Å². The van der Waals surface area contributed by atoms with Gasteiger partial charge in [0.15, 0.2) is 0 Å². The number of para-hydroxylation sites is 1. The fraction of sp³-hybridized carbons (Fsp3) is 0.474. The van der Waals surface area contributed by atoms with E-state index in [2.05, 4.69) is 21.7 Å². The van der Waals surface area contributed by atoms with E-state index in [-0.39, 0.29) is 12.0 Å². The van der Waals surface area contributed by atoms with Crippen molar-refractivity contribution in [3.63, 3.8) is 0 Å². The Bertz CT molecular complexity index is 562. The molecule has 1 N–H and O–H groups in total. The quantitative estimate of drug-likeness (QED) is 0.838. The Morgan fingerprint density at radius 2 is 1.91 bits per heavy atom. The summed E-state index contributed by atoms with van der Waals surface area (Å²) in [6.45, 7) is 4.08. The highest BCUT2D eigenvalue weighted by Crippen LogP contribution is 2.35. The van der Waals surface area contributed by atoms with Gasteiger partial charge in [-0.15, -0.1) is 0 Å². The van der Waals surface area contributed by atoms with Crippen LogP contribution in [0.2, 0.25) is 0 Å². The molecule has 0 spiro atoms. The summed E-state index contributed by atoms with van der Waals surface area (Å²) in [5.41, 5.74) is 1.43. The Morgan fingerprint density at radius 1 is 1.13 bits per heavy atom. The van der Waals surface area contributed by atoms with Gasteiger partial charge in [-0.25, -0.2) is 0 Å². The van der Waals surface area contributed by atoms with Gasteiger partial charge in [0, 0.05) is 13.2 Å². The molecule has 0 atom stereocenters. The molecule has 1 aliphatic heterocycles. The lowest BCUT2D eigenvalue weighted by Gasteiger charge is -2.40. The van der Waals surface area contributed by atoms with Crippen molar-refractivity contribution in [3.8, 4) is 5.75 Å². The number of thiophene rings is 1. The van der Waals surface area contributed by atoms with Crippen LogP contribution in [-0.4, -0.2) is 36.3 Å². The molecule has 1 saturated heterocycles. The van der Waals surface area contributed by atoms with E-state index >= 15 is 0 Å². The number of aliphatic hydroxyl groups is 1. The second-order valence-electron chi connectivity index (χ2n) is 6.48. The third-order valence-corrected chi connectivity index (χ3v) is 5.61. The van der Waals surface area contributed by atoms with Crippen LogP contribution >= 0.6 is 11.3 Å². The lowest BCUT2D eigenvalue weighted by Crippen LogP contribution is -2.42. The Kier molecular flexibility index (Phi) is 5.70. The molecule has 4 heteroatoms. The van der Waals surface area contributed by atoms with Gasteiger partial charge in [-0.3, -0.25) is 4.90 Å². The summed E-state index contributed by atoms with van der Waals surface area (Å²) in [7, 11) is 0. The van der Waals surface area contributed by atoms with Crippen LogP contribution < -0.4 is 4.74 Å². The van der Waals surface area contributed by atoms with Gasteiger partial charge in [-0.1, -0.05) is 18.2 Å². The van der Waals surface area contributed by atoms with E-state index in [0.29, 0.717) is 6.61 Å². The van der Waals surface area contributed by atoms with E-state index in [9.17, 15) is 5.11 Å². The Balaban J connectivity index is 1.46. The second-order valence-corrected chi connectivity index (χ2v) is 7.26. The molecule has 0 aliphatic carbocycles. The lowest BCUT2D eigenvalue weighted by atomic mass is 9.76. The third-order valence-electron chi connectivity index (χ3n) is 4.88. The van der Waals surface area contributed by atoms with Crippen LogP contribution in [0.15, 0.2) is 47.2 Å². The topological polar surface area (TPSA) is 32.7 Å². The van der Waals surface area contributed by atoms with E-state index < -0.39 is 0 Å². The minimum atomic E-state index is 0.0277. The molecular weight excluding hydrogens is 306 g/mol. The van der Waals surface area contributed by atoms with Crippen molar-refractivity contribution in [3.05, 3.63) is 52.7 Å². The number of hydrogen-bond acceptors (Lipinski definition) is 4. The first kappa shape index (κ1) is 16.5. The van der Waals surface area contributed by atoms with Crippen LogP contribution in [0.1, 0.15) is 24.8 Å². The molecule has 1 aromatic heterocycles. The highest BCUT2D eigenvalue weighted by molar-refractivity contribution is 7.07. The van der Waals surface area contributed by atoms with Crippen LogP contribution in [0.3, 0.4) is 0 Å². The number of hydrogen-bond donors (Lipinski definition) is 1. The molecule has 23 heavy (non-hydrogen) atoms. The number of aliphatic hydroxyl groups excluding tert-OH is 1. The van der Waals surface area contributed by atoms with Gasteiger partial charge in [0.05, 0.1) is 6.61 Å². The summed E-state index contributed by atoms with van der Waals surface area (Å²) in [5, 5.41) is 14.3. The van der Waals surface area contributed by atoms with E-state index in [0.717, 1.165) is 44.6 Å². The zero-order valence-electron chi connectivity index (χ0n) is 13.5. The third kappa shape index (κ3) is 4.56. The van der Waals surface area contributed by atoms with E-state index in [1.54, 1.807) is 11.3 Å². The van der Waals surface area contributed by atoms with E-state index in [1.807, 2.05) is 30.3 Å². The minimum absolute atomic E-state index is 0.0277. The first-order valence-corrected chi connectivity index (χ1v) is 9.26. The average molecular weight is 331 g/mol. The van der Waals surface area contributed by atoms with Crippen LogP contribution in [0.5, 0.6) is 5.75 Å². The van der Waals surface area contributed by atoms with Crippen molar-refractivity contribution < 1.29 is 9.84 Å². The number of piperidine rings is 1. The second kappa shape index (κ2) is 7.95. The summed E-state index contributed by atoms with van der Waals surface area (Å²) in [5.74, 6) is 0.912. The van der Waals surface area contributed by atoms with Crippen molar-refractivity contribution in [2.45, 2.75) is 25.8 Å². The minimum Gasteiger partial charge on any atom is -0.494 e. The molecule has 0 amide bonds. The van der Waals surface area contributed by atoms with Crippen molar-refractivity contribution in [2.75, 3.05) is 26.3 Å². The van der Waals surface area contributed by atoms with Crippen molar-refractivity contribution in [2.24, 2.45) is 5.41 Å². The predicted molar refractivity (Wildman–Crippen MR) is 94.9 cm³/mol. The van der Waals surface area contributed by atoms with Crippen LogP contribution in [0.4, 0.5) is 0 Å². The molecule has 0 saturated carbocycles. The van der Waals surface area contributed by atoms with Crippen LogP contribution in [0, 0.1) is 5.41 Å². The Morgan fingerprint density at radius 3 is 2.57 bits per heavy atom. The standard InChI is InChI=1S/C19H25NO2S/c21-16-19(9-12-22-18-4-2-1-3-5-18)7-10-20(11-8-19)14-17-6-13-23-15-17/h1-6,13,15,21H,7-12,14,16H2. The SMILES string of the molecule is OCC1(CCOc2ccccc2)CCN(Cc2ccsc2)CC1. The van der Waals surface area contributed by atoms with E-state index in [4.69, 9.17) is 4.74 Å². The average Bonchev–Trinajstić information content (AvgIpc) is 3.11. The normalized spacial score (nSPS) is 18.0. The predicted octanol–water partition coefficient (Wildman–Crippen LogP) is 3.79. The number of ether oxygens (including phenoxy) is 1. The summed E-state index contributed by atoms with van der Waals surface area (Å²) in [6.07, 6.45) is 3.02. The van der Waals surface area contributed by atoms with Gasteiger partial charge < -0.3 is 9.84 Å². The van der Waals surface area contributed by atoms with Crippen molar-refractivity contribution in [1.82, 2.24) is 4.90 Å². The highest BCUT2D eigenvalue weighted by Gasteiger charge is 2.33. The van der Waals surface area contributed by atoms with Gasteiger partial charge in [0.25, 0.3) is 0 Å². The molecule has 3 rings (SSSR count). The van der Waals surface area contributed by atoms with Gasteiger partial charge in [0.2, 0.25) is 0 Å². The molecule has 0 unspecified atom stereocenters. The molecule has 1 aliphatic rings. The van der Waals surface area contributed by atoms with Crippen LogP contribution in [0.25, 0.3) is 0 Å². The molecule has 0 radical (unpaired) electrons. The summed E-state index contributed by atoms with van der Waals surface area (Å²) in [4.78, 5) is 2.49. The molecular formula is C19H25NO2S. The Hall–Kier alpha value is -1.36.